The average molecular weight is 423 g/mol. The van der Waals surface area contributed by atoms with Crippen LogP contribution in [0.4, 0.5) is 0 Å². The number of methoxy groups -OCH3 is 1. The average Bonchev–Trinajstić information content (AvgIpc) is 2.72. The van der Waals surface area contributed by atoms with Crippen LogP contribution in [0, 0.1) is 0 Å². The van der Waals surface area contributed by atoms with E-state index in [-0.39, 0.29) is 6.61 Å². The van der Waals surface area contributed by atoms with Gasteiger partial charge < -0.3 is 24.4 Å². The number of aliphatic hydroxyl groups excluding tert-OH is 2. The second kappa shape index (κ2) is 11.5. The monoisotopic (exact) mass is 422 g/mol. The van der Waals surface area contributed by atoms with Gasteiger partial charge in [-0.3, -0.25) is 0 Å². The molecule has 2 N–H and O–H groups in total. The quantitative estimate of drug-likeness (QED) is 0.593. The number of halogens is 1. The summed E-state index contributed by atoms with van der Waals surface area (Å²) in [5.74, 6) is 0.851. The first-order valence-corrected chi connectivity index (χ1v) is 10.2. The Morgan fingerprint density at radius 2 is 2.00 bits per heavy atom. The second-order valence-corrected chi connectivity index (χ2v) is 7.56. The van der Waals surface area contributed by atoms with Crippen LogP contribution >= 0.6 is 11.6 Å². The van der Waals surface area contributed by atoms with Crippen LogP contribution in [0.15, 0.2) is 59.2 Å². The van der Waals surface area contributed by atoms with Crippen molar-refractivity contribution in [3.8, 4) is 5.75 Å². The molecule has 5 nitrogen and oxygen atoms in total. The smallest absolute Gasteiger partial charge is 0.119 e. The van der Waals surface area contributed by atoms with Crippen molar-refractivity contribution in [2.24, 2.45) is 0 Å². The minimum atomic E-state index is -0.728. The highest BCUT2D eigenvalue weighted by Gasteiger charge is 2.38. The Morgan fingerprint density at radius 3 is 2.59 bits per heavy atom. The summed E-state index contributed by atoms with van der Waals surface area (Å²) < 4.78 is 16.7. The number of rotatable bonds is 9. The summed E-state index contributed by atoms with van der Waals surface area (Å²) >= 11 is 6.47. The summed E-state index contributed by atoms with van der Waals surface area (Å²) in [6.07, 6.45) is 2.33. The fraction of sp³-hybridized carbons (Fsp3) is 0.478. The van der Waals surface area contributed by atoms with Gasteiger partial charge in [-0.25, -0.2) is 0 Å². The summed E-state index contributed by atoms with van der Waals surface area (Å²) in [6, 6.07) is 7.95. The van der Waals surface area contributed by atoms with Crippen molar-refractivity contribution in [3.05, 3.63) is 64.7 Å². The van der Waals surface area contributed by atoms with E-state index in [4.69, 9.17) is 25.8 Å². The van der Waals surface area contributed by atoms with Crippen molar-refractivity contribution in [2.45, 2.75) is 51.1 Å². The van der Waals surface area contributed by atoms with Gasteiger partial charge in [-0.1, -0.05) is 42.0 Å². The topological polar surface area (TPSA) is 68.2 Å². The largest absolute Gasteiger partial charge is 0.494 e. The van der Waals surface area contributed by atoms with Crippen LogP contribution in [0.3, 0.4) is 0 Å². The highest BCUT2D eigenvalue weighted by Crippen LogP contribution is 2.28. The molecule has 4 atom stereocenters. The summed E-state index contributed by atoms with van der Waals surface area (Å²) in [5.41, 5.74) is 2.78. The molecule has 1 fully saturated rings. The van der Waals surface area contributed by atoms with Crippen molar-refractivity contribution in [3.63, 3.8) is 0 Å². The molecule has 29 heavy (non-hydrogen) atoms. The Hall–Kier alpha value is -1.63. The van der Waals surface area contributed by atoms with Crippen molar-refractivity contribution in [1.29, 1.82) is 0 Å². The molecule has 0 unspecified atom stereocenters. The van der Waals surface area contributed by atoms with Gasteiger partial charge in [-0.05, 0) is 49.6 Å². The minimum Gasteiger partial charge on any atom is -0.494 e. The number of hydrogen-bond donors (Lipinski definition) is 2. The van der Waals surface area contributed by atoms with Crippen LogP contribution in [-0.4, -0.2) is 55.0 Å². The zero-order valence-electron chi connectivity index (χ0n) is 17.3. The molecule has 0 aliphatic carbocycles. The third-order valence-corrected chi connectivity index (χ3v) is 5.37. The van der Waals surface area contributed by atoms with E-state index in [1.54, 1.807) is 12.2 Å². The van der Waals surface area contributed by atoms with Crippen LogP contribution < -0.4 is 4.74 Å². The van der Waals surface area contributed by atoms with Crippen molar-refractivity contribution >= 4 is 11.6 Å². The second-order valence-electron chi connectivity index (χ2n) is 7.15. The van der Waals surface area contributed by atoms with E-state index in [0.717, 1.165) is 16.9 Å². The molecule has 1 aliphatic heterocycles. The van der Waals surface area contributed by atoms with Gasteiger partial charge in [0, 0.05) is 18.6 Å². The summed E-state index contributed by atoms with van der Waals surface area (Å²) in [5, 5.41) is 20.2. The predicted molar refractivity (Wildman–Crippen MR) is 115 cm³/mol. The van der Waals surface area contributed by atoms with Crippen LogP contribution in [0.2, 0.25) is 0 Å². The summed E-state index contributed by atoms with van der Waals surface area (Å²) in [7, 11) is 1.52. The molecule has 1 aromatic rings. The molecule has 0 bridgehead atoms. The molecule has 0 saturated carbocycles. The standard InChI is InChI=1S/C23H31ClO5/c1-5-28-18-9-7-17(8-10-18)12-16(3)20(24)11-6-15(2)22-23(27-4)21(26)13-19(14-25)29-22/h6-11,19,21-23,25-26H,2,5,12-14H2,1,3-4H3/b11-6-,20-16-/t19-,21-,22-,23+/m0/s1. The van der Waals surface area contributed by atoms with Crippen molar-refractivity contribution in [1.82, 2.24) is 0 Å². The Balaban J connectivity index is 2.04. The van der Waals surface area contributed by atoms with Crippen LogP contribution in [-0.2, 0) is 15.9 Å². The maximum atomic E-state index is 10.2. The number of ether oxygens (including phenoxy) is 3. The lowest BCUT2D eigenvalue weighted by Crippen LogP contribution is -2.50. The number of hydrogen-bond acceptors (Lipinski definition) is 5. The lowest BCUT2D eigenvalue weighted by Gasteiger charge is -2.38. The maximum Gasteiger partial charge on any atom is 0.119 e. The zero-order chi connectivity index (χ0) is 21.4. The third kappa shape index (κ3) is 6.69. The van der Waals surface area contributed by atoms with Gasteiger partial charge in [-0.15, -0.1) is 0 Å². The first kappa shape index (κ1) is 23.6. The molecular weight excluding hydrogens is 392 g/mol. The highest BCUT2D eigenvalue weighted by molar-refractivity contribution is 6.31. The Morgan fingerprint density at radius 1 is 1.31 bits per heavy atom. The van der Waals surface area contributed by atoms with Crippen molar-refractivity contribution in [2.75, 3.05) is 20.3 Å². The molecular formula is C23H31ClO5. The number of benzene rings is 1. The molecule has 160 valence electrons. The fourth-order valence-electron chi connectivity index (χ4n) is 3.32. The van der Waals surface area contributed by atoms with Gasteiger partial charge in [0.25, 0.3) is 0 Å². The van der Waals surface area contributed by atoms with E-state index in [2.05, 4.69) is 6.58 Å². The highest BCUT2D eigenvalue weighted by atomic mass is 35.5. The van der Waals surface area contributed by atoms with Gasteiger partial charge >= 0.3 is 0 Å². The summed E-state index contributed by atoms with van der Waals surface area (Å²) in [4.78, 5) is 0. The van der Waals surface area contributed by atoms with Crippen LogP contribution in [0.1, 0.15) is 25.8 Å². The van der Waals surface area contributed by atoms with Crippen LogP contribution in [0.25, 0.3) is 0 Å². The van der Waals surface area contributed by atoms with Gasteiger partial charge in [0.2, 0.25) is 0 Å². The Bertz CT molecular complexity index is 725. The Kier molecular flexibility index (Phi) is 9.40. The molecule has 1 aliphatic rings. The molecule has 1 saturated heterocycles. The van der Waals surface area contributed by atoms with Crippen LogP contribution in [0.5, 0.6) is 5.75 Å². The predicted octanol–water partition coefficient (Wildman–Crippen LogP) is 3.78. The van der Waals surface area contributed by atoms with E-state index in [0.29, 0.717) is 30.1 Å². The van der Waals surface area contributed by atoms with Gasteiger partial charge in [0.15, 0.2) is 0 Å². The van der Waals surface area contributed by atoms with Gasteiger partial charge in [0.05, 0.1) is 25.4 Å². The van der Waals surface area contributed by atoms with E-state index in [9.17, 15) is 10.2 Å². The molecule has 0 radical (unpaired) electrons. The molecule has 0 aromatic heterocycles. The maximum absolute atomic E-state index is 10.2. The normalized spacial score (nSPS) is 25.7. The van der Waals surface area contributed by atoms with E-state index >= 15 is 0 Å². The molecule has 6 heteroatoms. The molecule has 0 spiro atoms. The molecule has 1 heterocycles. The third-order valence-electron chi connectivity index (χ3n) is 4.92. The SMILES string of the molecule is C=C(/C=C\C(Cl)=C(/C)Cc1ccc(OCC)cc1)[C@@H]1O[C@H](CO)C[C@H](O)[C@H]1OC. The number of aliphatic hydroxyl groups is 2. The lowest BCUT2D eigenvalue weighted by molar-refractivity contribution is -0.172. The molecule has 1 aromatic carbocycles. The minimum absolute atomic E-state index is 0.164. The van der Waals surface area contributed by atoms with E-state index < -0.39 is 24.4 Å². The molecule has 2 rings (SSSR count). The Labute approximate surface area is 178 Å². The number of allylic oxidation sites excluding steroid dienone is 3. The zero-order valence-corrected chi connectivity index (χ0v) is 18.1. The fourth-order valence-corrected chi connectivity index (χ4v) is 3.45. The van der Waals surface area contributed by atoms with E-state index in [1.807, 2.05) is 38.1 Å². The lowest BCUT2D eigenvalue weighted by atomic mass is 9.93. The first-order chi connectivity index (χ1) is 13.9. The van der Waals surface area contributed by atoms with Gasteiger partial charge in [0.1, 0.15) is 18.0 Å². The summed E-state index contributed by atoms with van der Waals surface area (Å²) in [6.45, 7) is 8.46. The van der Waals surface area contributed by atoms with Gasteiger partial charge in [-0.2, -0.15) is 0 Å². The molecule has 0 amide bonds. The van der Waals surface area contributed by atoms with Crippen molar-refractivity contribution < 1.29 is 24.4 Å². The van der Waals surface area contributed by atoms with E-state index in [1.165, 1.54) is 7.11 Å². The first-order valence-electron chi connectivity index (χ1n) is 9.80.